The lowest BCUT2D eigenvalue weighted by molar-refractivity contribution is -0.111. The van der Waals surface area contributed by atoms with Crippen LogP contribution in [0.3, 0.4) is 0 Å². The lowest BCUT2D eigenvalue weighted by atomic mass is 9.88. The van der Waals surface area contributed by atoms with E-state index in [1.54, 1.807) is 6.92 Å². The number of ether oxygens (including phenoxy) is 1. The average Bonchev–Trinajstić information content (AvgIpc) is 2.14. The van der Waals surface area contributed by atoms with Gasteiger partial charge in [-0.15, -0.1) is 0 Å². The van der Waals surface area contributed by atoms with Gasteiger partial charge in [-0.2, -0.15) is 0 Å². The van der Waals surface area contributed by atoms with Crippen molar-refractivity contribution in [2.75, 3.05) is 20.7 Å². The van der Waals surface area contributed by atoms with Gasteiger partial charge in [0.05, 0.1) is 12.6 Å². The molecule has 0 spiro atoms. The minimum absolute atomic E-state index is 0.283. The molecule has 5 heteroatoms. The summed E-state index contributed by atoms with van der Waals surface area (Å²) in [5, 5.41) is 5.23. The van der Waals surface area contributed by atoms with Crippen molar-refractivity contribution in [2.24, 2.45) is 5.41 Å². The zero-order valence-electron chi connectivity index (χ0n) is 11.1. The zero-order chi connectivity index (χ0) is 13.2. The molecule has 0 saturated heterocycles. The fourth-order valence-corrected chi connectivity index (χ4v) is 0.754. The second-order valence-electron chi connectivity index (χ2n) is 4.34. The van der Waals surface area contributed by atoms with Crippen molar-refractivity contribution in [3.05, 3.63) is 0 Å². The van der Waals surface area contributed by atoms with Crippen LogP contribution in [0.25, 0.3) is 0 Å². The van der Waals surface area contributed by atoms with Crippen LogP contribution in [0.1, 0.15) is 27.7 Å². The Kier molecular flexibility index (Phi) is 9.89. The maximum atomic E-state index is 11.0. The Morgan fingerprint density at radius 1 is 1.38 bits per heavy atom. The number of hydrogen-bond acceptors (Lipinski definition) is 4. The van der Waals surface area contributed by atoms with Gasteiger partial charge in [-0.1, -0.05) is 20.8 Å². The number of carbonyl (C=O) groups excluding carboxylic acids is 2. The van der Waals surface area contributed by atoms with Crippen LogP contribution in [0.2, 0.25) is 0 Å². The molecule has 0 rings (SSSR count). The number of alkyl carbamates (subject to hydrolysis) is 1. The van der Waals surface area contributed by atoms with Crippen LogP contribution in [0, 0.1) is 5.41 Å². The second kappa shape index (κ2) is 9.15. The molecule has 0 saturated carbocycles. The van der Waals surface area contributed by atoms with Gasteiger partial charge in [0.25, 0.3) is 0 Å². The predicted molar refractivity (Wildman–Crippen MR) is 64.4 cm³/mol. The Balaban J connectivity index is 0. The first-order chi connectivity index (χ1) is 7.33. The van der Waals surface area contributed by atoms with Gasteiger partial charge in [0.15, 0.2) is 0 Å². The molecule has 0 aromatic carbocycles. The Bertz CT molecular complexity index is 200. The van der Waals surface area contributed by atoms with Crippen LogP contribution in [-0.2, 0) is 9.53 Å². The van der Waals surface area contributed by atoms with Gasteiger partial charge in [0, 0.05) is 0 Å². The van der Waals surface area contributed by atoms with Crippen LogP contribution in [0.15, 0.2) is 0 Å². The molecule has 1 unspecified atom stereocenters. The first kappa shape index (κ1) is 17.3. The molecule has 0 aromatic heterocycles. The minimum Gasteiger partial charge on any atom is -0.450 e. The maximum Gasteiger partial charge on any atom is 0.407 e. The molecule has 1 amide bonds. The molecule has 2 N–H and O–H groups in total. The Hall–Kier alpha value is -1.10. The van der Waals surface area contributed by atoms with E-state index in [-0.39, 0.29) is 5.41 Å². The van der Waals surface area contributed by atoms with Gasteiger partial charge in [-0.25, -0.2) is 4.79 Å². The minimum atomic E-state index is -0.547. The molecule has 0 bridgehead atoms. The topological polar surface area (TPSA) is 67.4 Å². The van der Waals surface area contributed by atoms with Crippen LogP contribution in [0.4, 0.5) is 4.79 Å². The summed E-state index contributed by atoms with van der Waals surface area (Å²) < 4.78 is 4.66. The molecule has 0 aliphatic heterocycles. The third-order valence-corrected chi connectivity index (χ3v) is 1.62. The van der Waals surface area contributed by atoms with Gasteiger partial charge >= 0.3 is 6.09 Å². The van der Waals surface area contributed by atoms with E-state index in [4.69, 9.17) is 0 Å². The van der Waals surface area contributed by atoms with Crippen molar-refractivity contribution < 1.29 is 14.3 Å². The normalized spacial score (nSPS) is 11.9. The van der Waals surface area contributed by atoms with Crippen molar-refractivity contribution >= 4 is 12.4 Å². The Morgan fingerprint density at radius 2 is 1.81 bits per heavy atom. The average molecular weight is 232 g/mol. The monoisotopic (exact) mass is 232 g/mol. The van der Waals surface area contributed by atoms with Crippen molar-refractivity contribution in [3.8, 4) is 0 Å². The first-order valence-electron chi connectivity index (χ1n) is 5.30. The van der Waals surface area contributed by atoms with Gasteiger partial charge in [0.1, 0.15) is 6.29 Å². The van der Waals surface area contributed by atoms with Crippen molar-refractivity contribution in [1.82, 2.24) is 10.6 Å². The summed E-state index contributed by atoms with van der Waals surface area (Å²) in [5.74, 6) is 0. The van der Waals surface area contributed by atoms with E-state index in [0.29, 0.717) is 6.61 Å². The Labute approximate surface area is 97.9 Å². The van der Waals surface area contributed by atoms with E-state index in [1.807, 2.05) is 34.9 Å². The molecular formula is C11H24N2O3. The van der Waals surface area contributed by atoms with E-state index in [9.17, 15) is 9.59 Å². The fourth-order valence-electron chi connectivity index (χ4n) is 0.754. The van der Waals surface area contributed by atoms with E-state index >= 15 is 0 Å². The number of nitrogens with one attached hydrogen (secondary N) is 2. The van der Waals surface area contributed by atoms with Crippen LogP contribution >= 0.6 is 0 Å². The second-order valence-corrected chi connectivity index (χ2v) is 4.34. The standard InChI is InChI=1S/C9H17NO3.C2H7N/c1-5-13-8(12)10-7(6-11)9(2,3)4;1-3-2/h6-7H,5H2,1-4H3,(H,10,12);3H,1-2H3. The lowest BCUT2D eigenvalue weighted by Gasteiger charge is -2.26. The van der Waals surface area contributed by atoms with Crippen LogP contribution < -0.4 is 10.6 Å². The summed E-state index contributed by atoms with van der Waals surface area (Å²) in [6.45, 7) is 7.64. The summed E-state index contributed by atoms with van der Waals surface area (Å²) in [5.41, 5.74) is -0.283. The van der Waals surface area contributed by atoms with Crippen molar-refractivity contribution in [2.45, 2.75) is 33.7 Å². The molecule has 0 heterocycles. The molecule has 1 atom stereocenters. The molecule has 0 aliphatic rings. The number of amides is 1. The highest BCUT2D eigenvalue weighted by molar-refractivity contribution is 5.73. The molecule has 0 aromatic rings. The molecule has 0 radical (unpaired) electrons. The summed E-state index contributed by atoms with van der Waals surface area (Å²) in [6, 6.07) is -0.508. The highest BCUT2D eigenvalue weighted by atomic mass is 16.5. The molecule has 96 valence electrons. The summed E-state index contributed by atoms with van der Waals surface area (Å²) in [4.78, 5) is 21.6. The molecule has 5 nitrogen and oxygen atoms in total. The van der Waals surface area contributed by atoms with Gasteiger partial charge in [-0.3, -0.25) is 0 Å². The number of carbonyl (C=O) groups is 2. The van der Waals surface area contributed by atoms with E-state index < -0.39 is 12.1 Å². The van der Waals surface area contributed by atoms with E-state index in [0.717, 1.165) is 6.29 Å². The fraction of sp³-hybridized carbons (Fsp3) is 0.818. The highest BCUT2D eigenvalue weighted by Gasteiger charge is 2.25. The van der Waals surface area contributed by atoms with Crippen LogP contribution in [0.5, 0.6) is 0 Å². The summed E-state index contributed by atoms with van der Waals surface area (Å²) >= 11 is 0. The summed E-state index contributed by atoms with van der Waals surface area (Å²) in [6.07, 6.45) is 0.172. The van der Waals surface area contributed by atoms with Crippen molar-refractivity contribution in [3.63, 3.8) is 0 Å². The van der Waals surface area contributed by atoms with E-state index in [1.165, 1.54) is 0 Å². The van der Waals surface area contributed by atoms with Crippen LogP contribution in [-0.4, -0.2) is 39.1 Å². The summed E-state index contributed by atoms with van der Waals surface area (Å²) in [7, 11) is 3.75. The van der Waals surface area contributed by atoms with Gasteiger partial charge < -0.3 is 20.2 Å². The molecule has 0 fully saturated rings. The lowest BCUT2D eigenvalue weighted by Crippen LogP contribution is -2.45. The molecule has 16 heavy (non-hydrogen) atoms. The SMILES string of the molecule is CCOC(=O)NC(C=O)C(C)(C)C.CNC. The third-order valence-electron chi connectivity index (χ3n) is 1.62. The largest absolute Gasteiger partial charge is 0.450 e. The third kappa shape index (κ3) is 9.45. The quantitative estimate of drug-likeness (QED) is 0.717. The zero-order valence-corrected chi connectivity index (χ0v) is 11.1. The number of rotatable bonds is 3. The molecular weight excluding hydrogens is 208 g/mol. The van der Waals surface area contributed by atoms with E-state index in [2.05, 4.69) is 15.4 Å². The molecule has 0 aliphatic carbocycles. The number of aldehydes is 1. The van der Waals surface area contributed by atoms with Gasteiger partial charge in [0.2, 0.25) is 0 Å². The smallest absolute Gasteiger partial charge is 0.407 e. The first-order valence-corrected chi connectivity index (χ1v) is 5.30. The maximum absolute atomic E-state index is 11.0. The van der Waals surface area contributed by atoms with Crippen molar-refractivity contribution in [1.29, 1.82) is 0 Å². The van der Waals surface area contributed by atoms with Gasteiger partial charge in [-0.05, 0) is 26.4 Å². The Morgan fingerprint density at radius 3 is 2.06 bits per heavy atom. The number of hydrogen-bond donors (Lipinski definition) is 2. The highest BCUT2D eigenvalue weighted by Crippen LogP contribution is 2.17. The predicted octanol–water partition coefficient (Wildman–Crippen LogP) is 1.18.